The molecule has 0 amide bonds. The lowest BCUT2D eigenvalue weighted by molar-refractivity contribution is 0.609. The molecule has 0 N–H and O–H groups in total. The van der Waals surface area contributed by atoms with Crippen molar-refractivity contribution in [3.05, 3.63) is 18.4 Å². The summed E-state index contributed by atoms with van der Waals surface area (Å²) in [4.78, 5) is 0. The Hall–Kier alpha value is 0.0500. The third-order valence-corrected chi connectivity index (χ3v) is 1.03. The zero-order valence-corrected chi connectivity index (χ0v) is 5.20. The Morgan fingerprint density at radius 3 is 2.57 bits per heavy atom. The van der Waals surface area contributed by atoms with E-state index in [0.717, 1.165) is 6.42 Å². The van der Waals surface area contributed by atoms with Gasteiger partial charge in [-0.05, 0) is 30.6 Å². The highest BCUT2D eigenvalue weighted by atomic mass is 32.2. The second-order valence-electron chi connectivity index (χ2n) is 1.16. The zero-order chi connectivity index (χ0) is 5.70. The molecule has 0 rings (SSSR count). The maximum atomic E-state index is 10.2. The summed E-state index contributed by atoms with van der Waals surface area (Å²) in [6.07, 6.45) is 4.14. The molecule has 0 aliphatic carbocycles. The van der Waals surface area contributed by atoms with E-state index in [2.05, 4.69) is 6.92 Å². The van der Waals surface area contributed by atoms with Crippen LogP contribution in [0, 0.1) is 6.92 Å². The zero-order valence-electron chi connectivity index (χ0n) is 4.39. The van der Waals surface area contributed by atoms with Gasteiger partial charge in [0.1, 0.15) is 5.41 Å². The number of hydrogen-bond acceptors (Lipinski definition) is 1. The van der Waals surface area contributed by atoms with E-state index in [0.29, 0.717) is 0 Å². The predicted octanol–water partition coefficient (Wildman–Crippen LogP) is 1.10. The van der Waals surface area contributed by atoms with Gasteiger partial charge in [0.15, 0.2) is 0 Å². The van der Waals surface area contributed by atoms with Crippen LogP contribution in [-0.2, 0) is 11.2 Å². The Balaban J connectivity index is 3.08. The molecule has 1 unspecified atom stereocenters. The van der Waals surface area contributed by atoms with E-state index in [1.807, 2.05) is 0 Å². The van der Waals surface area contributed by atoms with Crippen LogP contribution in [0.15, 0.2) is 11.5 Å². The first kappa shape index (κ1) is 7.05. The molecule has 0 spiro atoms. The van der Waals surface area contributed by atoms with Gasteiger partial charge in [-0.15, -0.1) is 0 Å². The molecule has 41 valence electrons. The lowest BCUT2D eigenvalue weighted by Crippen LogP contribution is -1.86. The predicted molar refractivity (Wildman–Crippen MR) is 33.2 cm³/mol. The minimum absolute atomic E-state index is 0.722. The first-order valence-corrected chi connectivity index (χ1v) is 3.67. The SMILES string of the molecule is [CH2]C/C=C/[S+](C)[O-]. The van der Waals surface area contributed by atoms with Crippen molar-refractivity contribution in [3.8, 4) is 0 Å². The minimum Gasteiger partial charge on any atom is -0.612 e. The van der Waals surface area contributed by atoms with Crippen LogP contribution in [0.25, 0.3) is 0 Å². The molecular weight excluding hydrogens is 108 g/mol. The average molecular weight is 117 g/mol. The Bertz CT molecular complexity index is 59.1. The monoisotopic (exact) mass is 117 g/mol. The lowest BCUT2D eigenvalue weighted by Gasteiger charge is -1.92. The van der Waals surface area contributed by atoms with E-state index in [-0.39, 0.29) is 0 Å². The van der Waals surface area contributed by atoms with Crippen molar-refractivity contribution in [2.45, 2.75) is 6.42 Å². The highest BCUT2D eigenvalue weighted by Crippen LogP contribution is 1.86. The molecule has 0 bridgehead atoms. The molecule has 1 radical (unpaired) electrons. The molecule has 0 aromatic rings. The third-order valence-electron chi connectivity index (χ3n) is 0.455. The van der Waals surface area contributed by atoms with Gasteiger partial charge in [-0.1, -0.05) is 0 Å². The van der Waals surface area contributed by atoms with Crippen molar-refractivity contribution in [1.82, 2.24) is 0 Å². The standard InChI is InChI=1S/C5H9OS/c1-3-4-5-7(2)6/h4-5H,1,3H2,2H3/b5-4+. The van der Waals surface area contributed by atoms with E-state index in [1.165, 1.54) is 0 Å². The molecule has 0 saturated carbocycles. The molecule has 1 atom stereocenters. The van der Waals surface area contributed by atoms with Gasteiger partial charge < -0.3 is 4.55 Å². The van der Waals surface area contributed by atoms with Crippen LogP contribution in [0.3, 0.4) is 0 Å². The first-order chi connectivity index (χ1) is 3.27. The number of hydrogen-bond donors (Lipinski definition) is 0. The summed E-state index contributed by atoms with van der Waals surface area (Å²) in [5.41, 5.74) is 0. The van der Waals surface area contributed by atoms with Crippen molar-refractivity contribution in [3.63, 3.8) is 0 Å². The highest BCUT2D eigenvalue weighted by Gasteiger charge is 1.80. The fourth-order valence-electron chi connectivity index (χ4n) is 0.204. The number of rotatable bonds is 2. The van der Waals surface area contributed by atoms with E-state index >= 15 is 0 Å². The van der Waals surface area contributed by atoms with Crippen LogP contribution in [-0.4, -0.2) is 10.8 Å². The first-order valence-electron chi connectivity index (χ1n) is 2.05. The van der Waals surface area contributed by atoms with Crippen molar-refractivity contribution in [2.75, 3.05) is 6.26 Å². The lowest BCUT2D eigenvalue weighted by atomic mass is 10.5. The van der Waals surface area contributed by atoms with Gasteiger partial charge in [-0.2, -0.15) is 0 Å². The normalized spacial score (nSPS) is 15.3. The molecule has 7 heavy (non-hydrogen) atoms. The molecular formula is C5H9OS. The second kappa shape index (κ2) is 4.22. The van der Waals surface area contributed by atoms with Crippen LogP contribution in [0.4, 0.5) is 0 Å². The minimum atomic E-state index is -0.786. The van der Waals surface area contributed by atoms with E-state index in [9.17, 15) is 4.55 Å². The van der Waals surface area contributed by atoms with Gasteiger partial charge >= 0.3 is 0 Å². The second-order valence-corrected chi connectivity index (χ2v) is 2.43. The molecule has 0 saturated heterocycles. The molecule has 0 aromatic carbocycles. The van der Waals surface area contributed by atoms with E-state index in [4.69, 9.17) is 0 Å². The summed E-state index contributed by atoms with van der Waals surface area (Å²) < 4.78 is 10.2. The molecule has 0 aliphatic rings. The van der Waals surface area contributed by atoms with Crippen LogP contribution in [0.5, 0.6) is 0 Å². The van der Waals surface area contributed by atoms with Gasteiger partial charge in [0.05, 0.1) is 6.26 Å². The highest BCUT2D eigenvalue weighted by molar-refractivity contribution is 7.93. The Morgan fingerprint density at radius 1 is 1.86 bits per heavy atom. The molecule has 0 fully saturated rings. The number of allylic oxidation sites excluding steroid dienone is 1. The summed E-state index contributed by atoms with van der Waals surface area (Å²) >= 11 is -0.786. The molecule has 0 aromatic heterocycles. The van der Waals surface area contributed by atoms with Crippen molar-refractivity contribution >= 4 is 11.2 Å². The quantitative estimate of drug-likeness (QED) is 0.497. The largest absolute Gasteiger partial charge is 0.612 e. The van der Waals surface area contributed by atoms with Gasteiger partial charge in [0, 0.05) is 0 Å². The van der Waals surface area contributed by atoms with Crippen molar-refractivity contribution < 1.29 is 4.55 Å². The fraction of sp³-hybridized carbons (Fsp3) is 0.400. The molecule has 1 nitrogen and oxygen atoms in total. The Morgan fingerprint density at radius 2 is 2.43 bits per heavy atom. The van der Waals surface area contributed by atoms with Crippen LogP contribution in [0.2, 0.25) is 0 Å². The molecule has 0 heterocycles. The summed E-state index contributed by atoms with van der Waals surface area (Å²) in [5, 5.41) is 1.63. The van der Waals surface area contributed by atoms with Gasteiger partial charge in [0.2, 0.25) is 0 Å². The van der Waals surface area contributed by atoms with Gasteiger partial charge in [-0.25, -0.2) is 0 Å². The van der Waals surface area contributed by atoms with E-state index in [1.54, 1.807) is 17.7 Å². The van der Waals surface area contributed by atoms with E-state index < -0.39 is 11.2 Å². The average Bonchev–Trinajstić information content (AvgIpc) is 1.61. The fourth-order valence-corrected chi connectivity index (χ4v) is 0.611. The smallest absolute Gasteiger partial charge is 0.112 e. The molecule has 0 aliphatic heterocycles. The van der Waals surface area contributed by atoms with Gasteiger partial charge in [0.25, 0.3) is 0 Å². The summed E-state index contributed by atoms with van der Waals surface area (Å²) in [5.74, 6) is 0. The van der Waals surface area contributed by atoms with Crippen LogP contribution in [0.1, 0.15) is 6.42 Å². The summed E-state index contributed by atoms with van der Waals surface area (Å²) in [6.45, 7) is 3.54. The van der Waals surface area contributed by atoms with Crippen LogP contribution >= 0.6 is 0 Å². The molecule has 2 heteroatoms. The Labute approximate surface area is 47.6 Å². The van der Waals surface area contributed by atoms with Crippen LogP contribution < -0.4 is 0 Å². The topological polar surface area (TPSA) is 23.1 Å². The maximum Gasteiger partial charge on any atom is 0.112 e. The third kappa shape index (κ3) is 6.05. The summed E-state index contributed by atoms with van der Waals surface area (Å²) in [7, 11) is 0. The van der Waals surface area contributed by atoms with Gasteiger partial charge in [-0.3, -0.25) is 0 Å². The van der Waals surface area contributed by atoms with Crippen molar-refractivity contribution in [1.29, 1.82) is 0 Å². The Kier molecular flexibility index (Phi) is 4.25. The maximum absolute atomic E-state index is 10.2. The summed E-state index contributed by atoms with van der Waals surface area (Å²) in [6, 6.07) is 0. The van der Waals surface area contributed by atoms with Crippen molar-refractivity contribution in [2.24, 2.45) is 0 Å².